The third kappa shape index (κ3) is 3.26. The number of hydrogen-bond donors (Lipinski definition) is 1. The zero-order valence-electron chi connectivity index (χ0n) is 12.1. The highest BCUT2D eigenvalue weighted by molar-refractivity contribution is 7.07. The van der Waals surface area contributed by atoms with Crippen LogP contribution < -0.4 is 10.9 Å². The minimum Gasteiger partial charge on any atom is -0.423 e. The van der Waals surface area contributed by atoms with E-state index in [0.29, 0.717) is 17.7 Å². The van der Waals surface area contributed by atoms with Gasteiger partial charge < -0.3 is 9.73 Å². The van der Waals surface area contributed by atoms with Crippen molar-refractivity contribution in [1.82, 2.24) is 0 Å². The summed E-state index contributed by atoms with van der Waals surface area (Å²) in [6.45, 7) is 1.86. The van der Waals surface area contributed by atoms with Crippen molar-refractivity contribution in [2.45, 2.75) is 19.8 Å². The first-order valence-corrected chi connectivity index (χ1v) is 7.91. The maximum Gasteiger partial charge on any atom is 0.336 e. The number of aryl methyl sites for hydroxylation is 2. The minimum absolute atomic E-state index is 0.0550. The molecule has 0 spiro atoms. The van der Waals surface area contributed by atoms with Gasteiger partial charge in [0.15, 0.2) is 0 Å². The van der Waals surface area contributed by atoms with Gasteiger partial charge in [-0.15, -0.1) is 0 Å². The number of fused-ring (bicyclic) bond motifs is 1. The van der Waals surface area contributed by atoms with E-state index < -0.39 is 0 Å². The molecule has 3 rings (SSSR count). The Kier molecular flexibility index (Phi) is 4.06. The Balaban J connectivity index is 1.73. The van der Waals surface area contributed by atoms with Gasteiger partial charge >= 0.3 is 5.63 Å². The van der Waals surface area contributed by atoms with E-state index in [2.05, 4.69) is 5.32 Å². The van der Waals surface area contributed by atoms with Crippen LogP contribution >= 0.6 is 11.3 Å². The molecule has 5 heteroatoms. The largest absolute Gasteiger partial charge is 0.423 e. The van der Waals surface area contributed by atoms with E-state index in [4.69, 9.17) is 4.42 Å². The smallest absolute Gasteiger partial charge is 0.336 e. The van der Waals surface area contributed by atoms with Gasteiger partial charge in [-0.3, -0.25) is 4.79 Å². The fourth-order valence-corrected chi connectivity index (χ4v) is 3.02. The van der Waals surface area contributed by atoms with E-state index in [1.165, 1.54) is 11.6 Å². The molecule has 22 heavy (non-hydrogen) atoms. The second-order valence-electron chi connectivity index (χ2n) is 5.14. The Morgan fingerprint density at radius 3 is 2.91 bits per heavy atom. The maximum absolute atomic E-state index is 12.0. The molecule has 0 aliphatic heterocycles. The molecule has 0 saturated carbocycles. The van der Waals surface area contributed by atoms with Crippen LogP contribution in [0.25, 0.3) is 11.0 Å². The monoisotopic (exact) mass is 313 g/mol. The summed E-state index contributed by atoms with van der Waals surface area (Å²) in [6.07, 6.45) is 1.14. The zero-order chi connectivity index (χ0) is 15.5. The molecule has 0 aliphatic carbocycles. The fraction of sp³-hybridized carbons (Fsp3) is 0.176. The van der Waals surface area contributed by atoms with Gasteiger partial charge in [0.05, 0.1) is 0 Å². The number of hydrogen-bond acceptors (Lipinski definition) is 4. The Morgan fingerprint density at radius 2 is 2.14 bits per heavy atom. The number of amides is 1. The molecule has 0 fully saturated rings. The van der Waals surface area contributed by atoms with Crippen LogP contribution in [-0.4, -0.2) is 5.91 Å². The molecule has 4 nitrogen and oxygen atoms in total. The lowest BCUT2D eigenvalue weighted by Crippen LogP contribution is -2.12. The van der Waals surface area contributed by atoms with E-state index >= 15 is 0 Å². The molecule has 1 N–H and O–H groups in total. The molecule has 1 amide bonds. The quantitative estimate of drug-likeness (QED) is 0.747. The lowest BCUT2D eigenvalue weighted by Gasteiger charge is -2.06. The summed E-state index contributed by atoms with van der Waals surface area (Å²) in [7, 11) is 0. The molecule has 112 valence electrons. The summed E-state index contributed by atoms with van der Waals surface area (Å²) in [4.78, 5) is 23.4. The minimum atomic E-state index is -0.383. The number of rotatable bonds is 4. The van der Waals surface area contributed by atoms with Crippen molar-refractivity contribution >= 4 is 33.9 Å². The standard InChI is InChI=1S/C17H15NO3S/c1-11-8-17(20)21-15-9-13(3-4-14(11)15)18-16(19)5-2-12-6-7-22-10-12/h3-4,6-10H,2,5H2,1H3,(H,18,19). The van der Waals surface area contributed by atoms with Crippen molar-refractivity contribution in [2.75, 3.05) is 5.32 Å². The summed E-state index contributed by atoms with van der Waals surface area (Å²) in [5, 5.41) is 7.75. The van der Waals surface area contributed by atoms with Gasteiger partial charge in [0.1, 0.15) is 5.58 Å². The number of thiophene rings is 1. The van der Waals surface area contributed by atoms with Crippen molar-refractivity contribution < 1.29 is 9.21 Å². The first-order valence-electron chi connectivity index (χ1n) is 6.97. The number of carbonyl (C=O) groups is 1. The molecule has 0 saturated heterocycles. The van der Waals surface area contributed by atoms with E-state index in [9.17, 15) is 9.59 Å². The first-order chi connectivity index (χ1) is 10.6. The Morgan fingerprint density at radius 1 is 1.27 bits per heavy atom. The van der Waals surface area contributed by atoms with E-state index in [1.807, 2.05) is 35.9 Å². The highest BCUT2D eigenvalue weighted by atomic mass is 32.1. The average Bonchev–Trinajstić information content (AvgIpc) is 2.98. The molecular formula is C17H15NO3S. The summed E-state index contributed by atoms with van der Waals surface area (Å²) < 4.78 is 5.18. The Bertz CT molecular complexity index is 865. The molecule has 2 aromatic heterocycles. The highest BCUT2D eigenvalue weighted by Crippen LogP contribution is 2.21. The second kappa shape index (κ2) is 6.15. The van der Waals surface area contributed by atoms with Crippen LogP contribution in [0.5, 0.6) is 0 Å². The third-order valence-corrected chi connectivity index (χ3v) is 4.19. The summed E-state index contributed by atoms with van der Waals surface area (Å²) in [6, 6.07) is 8.83. The number of benzene rings is 1. The van der Waals surface area contributed by atoms with Crippen LogP contribution in [0.1, 0.15) is 17.5 Å². The first kappa shape index (κ1) is 14.5. The van der Waals surface area contributed by atoms with Crippen molar-refractivity contribution in [3.63, 3.8) is 0 Å². The van der Waals surface area contributed by atoms with E-state index in [0.717, 1.165) is 17.4 Å². The summed E-state index contributed by atoms with van der Waals surface area (Å²) >= 11 is 1.63. The van der Waals surface area contributed by atoms with E-state index in [-0.39, 0.29) is 11.5 Å². The fourth-order valence-electron chi connectivity index (χ4n) is 2.32. The van der Waals surface area contributed by atoms with Crippen LogP contribution in [0.3, 0.4) is 0 Å². The van der Waals surface area contributed by atoms with E-state index in [1.54, 1.807) is 17.4 Å². The van der Waals surface area contributed by atoms with Crippen LogP contribution in [0, 0.1) is 6.92 Å². The SMILES string of the molecule is Cc1cc(=O)oc2cc(NC(=O)CCc3ccsc3)ccc12. The molecule has 2 heterocycles. The second-order valence-corrected chi connectivity index (χ2v) is 5.92. The molecular weight excluding hydrogens is 298 g/mol. The topological polar surface area (TPSA) is 59.3 Å². The maximum atomic E-state index is 12.0. The predicted molar refractivity (Wildman–Crippen MR) is 88.5 cm³/mol. The molecule has 1 aromatic carbocycles. The van der Waals surface area contributed by atoms with Crippen LogP contribution in [0.15, 0.2) is 50.3 Å². The predicted octanol–water partition coefficient (Wildman–Crippen LogP) is 3.73. The van der Waals surface area contributed by atoms with Crippen molar-refractivity contribution in [2.24, 2.45) is 0 Å². The number of anilines is 1. The highest BCUT2D eigenvalue weighted by Gasteiger charge is 2.07. The van der Waals surface area contributed by atoms with Gasteiger partial charge in [0.2, 0.25) is 5.91 Å². The number of carbonyl (C=O) groups excluding carboxylic acids is 1. The van der Waals surface area contributed by atoms with Crippen LogP contribution in [0.4, 0.5) is 5.69 Å². The van der Waals surface area contributed by atoms with Crippen LogP contribution in [-0.2, 0) is 11.2 Å². The van der Waals surface area contributed by atoms with Gasteiger partial charge in [-0.05, 0) is 53.4 Å². The van der Waals surface area contributed by atoms with Gasteiger partial charge in [-0.2, -0.15) is 11.3 Å². The lowest BCUT2D eigenvalue weighted by atomic mass is 10.1. The number of nitrogens with one attached hydrogen (secondary N) is 1. The van der Waals surface area contributed by atoms with Crippen molar-refractivity contribution in [3.8, 4) is 0 Å². The van der Waals surface area contributed by atoms with Gasteiger partial charge in [0, 0.05) is 29.6 Å². The lowest BCUT2D eigenvalue weighted by molar-refractivity contribution is -0.116. The molecule has 3 aromatic rings. The average molecular weight is 313 g/mol. The third-order valence-electron chi connectivity index (χ3n) is 3.46. The zero-order valence-corrected chi connectivity index (χ0v) is 12.9. The molecule has 0 unspecified atom stereocenters. The normalized spacial score (nSPS) is 10.8. The molecule has 0 atom stereocenters. The Hall–Kier alpha value is -2.40. The Labute approximate surface area is 131 Å². The summed E-state index contributed by atoms with van der Waals surface area (Å²) in [5.74, 6) is -0.0550. The molecule has 0 radical (unpaired) electrons. The van der Waals surface area contributed by atoms with Gasteiger partial charge in [-0.1, -0.05) is 0 Å². The summed E-state index contributed by atoms with van der Waals surface area (Å²) in [5.41, 5.74) is 2.77. The van der Waals surface area contributed by atoms with Crippen molar-refractivity contribution in [3.05, 3.63) is 62.6 Å². The van der Waals surface area contributed by atoms with Crippen molar-refractivity contribution in [1.29, 1.82) is 0 Å². The van der Waals surface area contributed by atoms with Crippen LogP contribution in [0.2, 0.25) is 0 Å². The molecule has 0 bridgehead atoms. The van der Waals surface area contributed by atoms with Gasteiger partial charge in [0.25, 0.3) is 0 Å². The van der Waals surface area contributed by atoms with Gasteiger partial charge in [-0.25, -0.2) is 4.79 Å². The molecule has 0 aliphatic rings.